The third kappa shape index (κ3) is 5.13. The first kappa shape index (κ1) is 13.9. The molecule has 0 aliphatic heterocycles. The summed E-state index contributed by atoms with van der Waals surface area (Å²) in [4.78, 5) is 11.5. The summed E-state index contributed by atoms with van der Waals surface area (Å²) in [5.74, 6) is 1.51. The van der Waals surface area contributed by atoms with E-state index in [2.05, 4.69) is 0 Å². The van der Waals surface area contributed by atoms with Crippen molar-refractivity contribution in [3.05, 3.63) is 24.3 Å². The van der Waals surface area contributed by atoms with E-state index >= 15 is 0 Å². The highest BCUT2D eigenvalue weighted by atomic mass is 32.2. The minimum Gasteiger partial charge on any atom is -0.497 e. The van der Waals surface area contributed by atoms with Gasteiger partial charge in [-0.15, -0.1) is 0 Å². The molecule has 0 saturated carbocycles. The molecular weight excluding hydrogens is 236 g/mol. The van der Waals surface area contributed by atoms with E-state index in [0.29, 0.717) is 12.2 Å². The number of carbonyl (C=O) groups excluding carboxylic acids is 1. The van der Waals surface area contributed by atoms with Gasteiger partial charge in [-0.25, -0.2) is 0 Å². The molecule has 0 saturated heterocycles. The number of rotatable bonds is 7. The van der Waals surface area contributed by atoms with Crippen molar-refractivity contribution in [2.24, 2.45) is 0 Å². The van der Waals surface area contributed by atoms with E-state index in [9.17, 15) is 9.00 Å². The second-order valence-electron chi connectivity index (χ2n) is 3.89. The van der Waals surface area contributed by atoms with E-state index in [1.807, 2.05) is 18.2 Å². The normalized spacial score (nSPS) is 12.1. The number of ether oxygens (including phenoxy) is 1. The standard InChI is InChI=1S/C13H18O3S/c1-11(14)6-3-4-9-17(15)13-8-5-7-12(10-13)16-2/h5,7-8,10H,3-4,6,9H2,1-2H3. The SMILES string of the molecule is COc1cccc(S(=O)CCCCC(C)=O)c1. The first-order valence-electron chi connectivity index (χ1n) is 5.65. The van der Waals surface area contributed by atoms with Crippen molar-refractivity contribution in [2.45, 2.75) is 31.1 Å². The number of hydrogen-bond donors (Lipinski definition) is 0. The van der Waals surface area contributed by atoms with Crippen molar-refractivity contribution in [1.82, 2.24) is 0 Å². The highest BCUT2D eigenvalue weighted by molar-refractivity contribution is 7.85. The van der Waals surface area contributed by atoms with Gasteiger partial charge in [0.25, 0.3) is 0 Å². The van der Waals surface area contributed by atoms with Gasteiger partial charge >= 0.3 is 0 Å². The average molecular weight is 254 g/mol. The summed E-state index contributed by atoms with van der Waals surface area (Å²) in [5.41, 5.74) is 0. The molecule has 0 radical (unpaired) electrons. The Bertz CT molecular complexity index is 401. The van der Waals surface area contributed by atoms with Gasteiger partial charge in [-0.1, -0.05) is 6.07 Å². The molecule has 0 bridgehead atoms. The van der Waals surface area contributed by atoms with E-state index in [0.717, 1.165) is 23.5 Å². The minimum atomic E-state index is -1.00. The first-order valence-corrected chi connectivity index (χ1v) is 6.97. The van der Waals surface area contributed by atoms with Crippen LogP contribution in [0.15, 0.2) is 29.2 Å². The summed E-state index contributed by atoms with van der Waals surface area (Å²) in [6.45, 7) is 1.58. The fourth-order valence-corrected chi connectivity index (χ4v) is 2.65. The van der Waals surface area contributed by atoms with Crippen molar-refractivity contribution in [1.29, 1.82) is 0 Å². The number of unbranched alkanes of at least 4 members (excludes halogenated alkanes) is 1. The molecule has 0 spiro atoms. The third-order valence-electron chi connectivity index (χ3n) is 2.41. The van der Waals surface area contributed by atoms with Gasteiger partial charge in [-0.2, -0.15) is 0 Å². The van der Waals surface area contributed by atoms with Crippen molar-refractivity contribution in [3.63, 3.8) is 0 Å². The maximum absolute atomic E-state index is 11.9. The van der Waals surface area contributed by atoms with Crippen LogP contribution in [0.25, 0.3) is 0 Å². The van der Waals surface area contributed by atoms with Crippen molar-refractivity contribution < 1.29 is 13.7 Å². The summed E-state index contributed by atoms with van der Waals surface area (Å²) in [6.07, 6.45) is 2.20. The maximum atomic E-state index is 11.9. The Labute approximate surface area is 105 Å². The lowest BCUT2D eigenvalue weighted by atomic mass is 10.2. The van der Waals surface area contributed by atoms with Gasteiger partial charge in [0.05, 0.1) is 17.9 Å². The molecule has 1 atom stereocenters. The number of carbonyl (C=O) groups is 1. The van der Waals surface area contributed by atoms with Crippen LogP contribution in [0, 0.1) is 0 Å². The van der Waals surface area contributed by atoms with Crippen molar-refractivity contribution in [2.75, 3.05) is 12.9 Å². The van der Waals surface area contributed by atoms with E-state index < -0.39 is 10.8 Å². The molecule has 4 heteroatoms. The molecule has 17 heavy (non-hydrogen) atoms. The van der Waals surface area contributed by atoms with Crippen LogP contribution in [-0.2, 0) is 15.6 Å². The predicted molar refractivity (Wildman–Crippen MR) is 68.8 cm³/mol. The topological polar surface area (TPSA) is 43.4 Å². The largest absolute Gasteiger partial charge is 0.497 e. The molecule has 0 fully saturated rings. The molecule has 94 valence electrons. The van der Waals surface area contributed by atoms with Crippen LogP contribution in [0.3, 0.4) is 0 Å². The van der Waals surface area contributed by atoms with Crippen LogP contribution in [0.5, 0.6) is 5.75 Å². The molecule has 0 aliphatic carbocycles. The summed E-state index contributed by atoms with van der Waals surface area (Å²) in [6, 6.07) is 7.29. The van der Waals surface area contributed by atoms with Gasteiger partial charge in [-0.05, 0) is 38.0 Å². The Kier molecular flexibility index (Phi) is 5.91. The molecule has 0 N–H and O–H groups in total. The molecule has 1 aromatic rings. The lowest BCUT2D eigenvalue weighted by Crippen LogP contribution is -2.00. The zero-order valence-electron chi connectivity index (χ0n) is 10.3. The number of methoxy groups -OCH3 is 1. The second-order valence-corrected chi connectivity index (χ2v) is 5.46. The van der Waals surface area contributed by atoms with E-state index in [4.69, 9.17) is 4.74 Å². The average Bonchev–Trinajstić information content (AvgIpc) is 2.34. The van der Waals surface area contributed by atoms with Gasteiger partial charge in [-0.3, -0.25) is 4.21 Å². The summed E-state index contributed by atoms with van der Waals surface area (Å²) >= 11 is 0. The van der Waals surface area contributed by atoms with Gasteiger partial charge in [0.15, 0.2) is 0 Å². The second kappa shape index (κ2) is 7.22. The van der Waals surface area contributed by atoms with Gasteiger partial charge < -0.3 is 9.53 Å². The number of ketones is 1. The molecule has 0 aliphatic rings. The molecule has 1 unspecified atom stereocenters. The van der Waals surface area contributed by atoms with Crippen LogP contribution < -0.4 is 4.74 Å². The fraction of sp³-hybridized carbons (Fsp3) is 0.462. The van der Waals surface area contributed by atoms with Crippen LogP contribution >= 0.6 is 0 Å². The van der Waals surface area contributed by atoms with Gasteiger partial charge in [0.1, 0.15) is 11.5 Å². The lowest BCUT2D eigenvalue weighted by molar-refractivity contribution is -0.117. The molecule has 1 aromatic carbocycles. The monoisotopic (exact) mass is 254 g/mol. The summed E-state index contributed by atoms with van der Waals surface area (Å²) in [5, 5.41) is 0. The molecule has 1 rings (SSSR count). The molecule has 0 aromatic heterocycles. The van der Waals surface area contributed by atoms with Gasteiger partial charge in [0.2, 0.25) is 0 Å². The molecule has 0 amide bonds. The Morgan fingerprint density at radius 3 is 2.76 bits per heavy atom. The predicted octanol–water partition coefficient (Wildman–Crippen LogP) is 2.56. The maximum Gasteiger partial charge on any atom is 0.129 e. The summed E-state index contributed by atoms with van der Waals surface area (Å²) in [7, 11) is 0.591. The molecule has 3 nitrogen and oxygen atoms in total. The number of benzene rings is 1. The number of hydrogen-bond acceptors (Lipinski definition) is 3. The van der Waals surface area contributed by atoms with Crippen LogP contribution in [-0.4, -0.2) is 22.9 Å². The van der Waals surface area contributed by atoms with E-state index in [1.54, 1.807) is 20.1 Å². The zero-order valence-corrected chi connectivity index (χ0v) is 11.1. The van der Waals surface area contributed by atoms with E-state index in [1.165, 1.54) is 0 Å². The molecule has 0 heterocycles. The quantitative estimate of drug-likeness (QED) is 0.702. The van der Waals surface area contributed by atoms with Crippen molar-refractivity contribution in [3.8, 4) is 5.75 Å². The highest BCUT2D eigenvalue weighted by Gasteiger charge is 2.05. The van der Waals surface area contributed by atoms with Crippen LogP contribution in [0.4, 0.5) is 0 Å². The Hall–Kier alpha value is -1.16. The van der Waals surface area contributed by atoms with E-state index in [-0.39, 0.29) is 5.78 Å². The van der Waals surface area contributed by atoms with Crippen molar-refractivity contribution >= 4 is 16.6 Å². The Morgan fingerprint density at radius 1 is 1.35 bits per heavy atom. The zero-order chi connectivity index (χ0) is 12.7. The van der Waals surface area contributed by atoms with Gasteiger partial charge in [0, 0.05) is 17.1 Å². The smallest absolute Gasteiger partial charge is 0.129 e. The lowest BCUT2D eigenvalue weighted by Gasteiger charge is -2.04. The van der Waals surface area contributed by atoms with Crippen LogP contribution in [0.2, 0.25) is 0 Å². The minimum absolute atomic E-state index is 0.192. The first-order chi connectivity index (χ1) is 8.13. The summed E-state index contributed by atoms with van der Waals surface area (Å²) < 4.78 is 17.0. The molecular formula is C13H18O3S. The van der Waals surface area contributed by atoms with Crippen LogP contribution in [0.1, 0.15) is 26.2 Å². The Balaban J connectivity index is 2.43. The fourth-order valence-electron chi connectivity index (χ4n) is 1.47. The highest BCUT2D eigenvalue weighted by Crippen LogP contribution is 2.16. The third-order valence-corrected chi connectivity index (χ3v) is 3.85. The Morgan fingerprint density at radius 2 is 2.12 bits per heavy atom. The number of Topliss-reactive ketones (excluding diaryl/α,β-unsaturated/α-hetero) is 1.